The fourth-order valence-electron chi connectivity index (χ4n) is 1.59. The zero-order chi connectivity index (χ0) is 16.8. The molecule has 2 rings (SSSR count). The molecule has 0 saturated carbocycles. The number of oxime groups is 1. The first-order valence-electron chi connectivity index (χ1n) is 6.53. The summed E-state index contributed by atoms with van der Waals surface area (Å²) in [5.41, 5.74) is 6.50. The Balaban J connectivity index is 2.15. The highest BCUT2D eigenvalue weighted by molar-refractivity contribution is 7.13. The first-order chi connectivity index (χ1) is 11.0. The smallest absolute Gasteiger partial charge is 0.362 e. The third-order valence-corrected chi connectivity index (χ3v) is 3.89. The SMILES string of the molecule is CCOC(=O)C(=NOCc1ccc(Cl)cc1Cl)c1csc(N)n1. The van der Waals surface area contributed by atoms with E-state index in [2.05, 4.69) is 10.1 Å². The van der Waals surface area contributed by atoms with E-state index in [4.69, 9.17) is 38.5 Å². The summed E-state index contributed by atoms with van der Waals surface area (Å²) in [6, 6.07) is 4.99. The molecule has 1 aromatic heterocycles. The van der Waals surface area contributed by atoms with E-state index in [9.17, 15) is 4.79 Å². The maximum absolute atomic E-state index is 12.0. The van der Waals surface area contributed by atoms with E-state index in [1.807, 2.05) is 0 Å². The average Bonchev–Trinajstić information content (AvgIpc) is 2.92. The Morgan fingerprint density at radius 1 is 1.43 bits per heavy atom. The minimum Gasteiger partial charge on any atom is -0.461 e. The topological polar surface area (TPSA) is 86.8 Å². The van der Waals surface area contributed by atoms with Gasteiger partial charge in [0.25, 0.3) is 0 Å². The largest absolute Gasteiger partial charge is 0.461 e. The highest BCUT2D eigenvalue weighted by Gasteiger charge is 2.19. The van der Waals surface area contributed by atoms with Gasteiger partial charge in [0.1, 0.15) is 12.3 Å². The van der Waals surface area contributed by atoms with Crippen molar-refractivity contribution < 1.29 is 14.4 Å². The summed E-state index contributed by atoms with van der Waals surface area (Å²) in [4.78, 5) is 21.2. The number of carbonyl (C=O) groups is 1. The van der Waals surface area contributed by atoms with Crippen LogP contribution in [0.4, 0.5) is 5.13 Å². The molecule has 0 saturated heterocycles. The number of carbonyl (C=O) groups excluding carboxylic acids is 1. The molecule has 0 aliphatic rings. The van der Waals surface area contributed by atoms with Crippen LogP contribution in [0.5, 0.6) is 0 Å². The molecule has 0 aliphatic heterocycles. The summed E-state index contributed by atoms with van der Waals surface area (Å²) in [6.45, 7) is 1.97. The van der Waals surface area contributed by atoms with E-state index in [0.717, 1.165) is 0 Å². The highest BCUT2D eigenvalue weighted by atomic mass is 35.5. The number of hydrogen-bond donors (Lipinski definition) is 1. The fraction of sp³-hybridized carbons (Fsp3) is 0.214. The van der Waals surface area contributed by atoms with Gasteiger partial charge in [-0.15, -0.1) is 11.3 Å². The van der Waals surface area contributed by atoms with Crippen molar-refractivity contribution in [3.63, 3.8) is 0 Å². The first-order valence-corrected chi connectivity index (χ1v) is 8.17. The van der Waals surface area contributed by atoms with E-state index >= 15 is 0 Å². The van der Waals surface area contributed by atoms with Crippen molar-refractivity contribution in [1.82, 2.24) is 4.98 Å². The number of benzene rings is 1. The molecule has 0 amide bonds. The third-order valence-electron chi connectivity index (χ3n) is 2.62. The lowest BCUT2D eigenvalue weighted by molar-refractivity contribution is -0.135. The minimum atomic E-state index is -0.639. The van der Waals surface area contributed by atoms with Crippen molar-refractivity contribution in [2.45, 2.75) is 13.5 Å². The Labute approximate surface area is 146 Å². The molecule has 23 heavy (non-hydrogen) atoms. The van der Waals surface area contributed by atoms with E-state index in [0.29, 0.717) is 26.4 Å². The van der Waals surface area contributed by atoms with Crippen LogP contribution in [0.15, 0.2) is 28.7 Å². The van der Waals surface area contributed by atoms with Gasteiger partial charge in [-0.3, -0.25) is 0 Å². The molecule has 0 unspecified atom stereocenters. The number of nitrogens with two attached hydrogens (primary N) is 1. The normalized spacial score (nSPS) is 11.3. The molecule has 6 nitrogen and oxygen atoms in total. The van der Waals surface area contributed by atoms with Gasteiger partial charge in [0.15, 0.2) is 5.13 Å². The number of nitrogen functional groups attached to an aromatic ring is 1. The zero-order valence-corrected chi connectivity index (χ0v) is 14.4. The van der Waals surface area contributed by atoms with Gasteiger partial charge in [-0.25, -0.2) is 9.78 Å². The minimum absolute atomic E-state index is 0.0510. The van der Waals surface area contributed by atoms with E-state index in [1.54, 1.807) is 30.5 Å². The molecule has 0 aliphatic carbocycles. The quantitative estimate of drug-likeness (QED) is 0.475. The number of nitrogens with zero attached hydrogens (tertiary/aromatic N) is 2. The van der Waals surface area contributed by atoms with Crippen molar-refractivity contribution in [2.24, 2.45) is 5.16 Å². The van der Waals surface area contributed by atoms with Crippen LogP contribution >= 0.6 is 34.5 Å². The Kier molecular flexibility index (Phi) is 6.20. The van der Waals surface area contributed by atoms with Gasteiger partial charge < -0.3 is 15.3 Å². The van der Waals surface area contributed by atoms with Crippen molar-refractivity contribution >= 4 is 51.4 Å². The second-order valence-corrected chi connectivity index (χ2v) is 5.97. The van der Waals surface area contributed by atoms with Crippen LogP contribution in [0.3, 0.4) is 0 Å². The van der Waals surface area contributed by atoms with Crippen molar-refractivity contribution in [1.29, 1.82) is 0 Å². The molecular weight excluding hydrogens is 361 g/mol. The molecule has 9 heteroatoms. The van der Waals surface area contributed by atoms with Gasteiger partial charge in [-0.1, -0.05) is 34.4 Å². The van der Waals surface area contributed by atoms with Crippen LogP contribution in [-0.2, 0) is 21.0 Å². The van der Waals surface area contributed by atoms with Gasteiger partial charge in [0.2, 0.25) is 5.71 Å². The lowest BCUT2D eigenvalue weighted by atomic mass is 10.2. The molecule has 0 bridgehead atoms. The second kappa shape index (κ2) is 8.14. The maximum atomic E-state index is 12.0. The Morgan fingerprint density at radius 2 is 2.22 bits per heavy atom. The molecule has 0 atom stereocenters. The standard InChI is InChI=1S/C14H13Cl2N3O3S/c1-2-21-13(20)12(11-7-23-14(17)18-11)19-22-6-8-3-4-9(15)5-10(8)16/h3-5,7H,2,6H2,1H3,(H2,17,18). The Hall–Kier alpha value is -1.83. The van der Waals surface area contributed by atoms with Gasteiger partial charge in [-0.2, -0.15) is 0 Å². The number of hydrogen-bond acceptors (Lipinski definition) is 7. The maximum Gasteiger partial charge on any atom is 0.362 e. The highest BCUT2D eigenvalue weighted by Crippen LogP contribution is 2.21. The number of ether oxygens (including phenoxy) is 1. The molecule has 0 spiro atoms. The number of aromatic nitrogens is 1. The monoisotopic (exact) mass is 373 g/mol. The van der Waals surface area contributed by atoms with Crippen LogP contribution in [0, 0.1) is 0 Å². The van der Waals surface area contributed by atoms with E-state index < -0.39 is 5.97 Å². The van der Waals surface area contributed by atoms with E-state index in [-0.39, 0.29) is 18.9 Å². The van der Waals surface area contributed by atoms with Crippen molar-refractivity contribution in [3.8, 4) is 0 Å². The van der Waals surface area contributed by atoms with Gasteiger partial charge in [-0.05, 0) is 19.1 Å². The Morgan fingerprint density at radius 3 is 2.83 bits per heavy atom. The fourth-order valence-corrected chi connectivity index (χ4v) is 2.60. The number of esters is 1. The van der Waals surface area contributed by atoms with Crippen molar-refractivity contribution in [3.05, 3.63) is 44.9 Å². The summed E-state index contributed by atoms with van der Waals surface area (Å²) < 4.78 is 4.94. The molecule has 2 aromatic rings. The predicted molar refractivity (Wildman–Crippen MR) is 90.9 cm³/mol. The summed E-state index contributed by atoms with van der Waals surface area (Å²) in [7, 11) is 0. The summed E-state index contributed by atoms with van der Waals surface area (Å²) in [5.74, 6) is -0.639. The molecule has 122 valence electrons. The molecular formula is C14H13Cl2N3O3S. The van der Waals surface area contributed by atoms with Crippen LogP contribution in [0.1, 0.15) is 18.2 Å². The molecule has 1 heterocycles. The van der Waals surface area contributed by atoms with Crippen LogP contribution < -0.4 is 5.73 Å². The third kappa shape index (κ3) is 4.82. The molecule has 0 radical (unpaired) electrons. The van der Waals surface area contributed by atoms with Crippen molar-refractivity contribution in [2.75, 3.05) is 12.3 Å². The van der Waals surface area contributed by atoms with Gasteiger partial charge >= 0.3 is 5.97 Å². The number of anilines is 1. The lowest BCUT2D eigenvalue weighted by Gasteiger charge is -2.06. The average molecular weight is 374 g/mol. The summed E-state index contributed by atoms with van der Waals surface area (Å²) in [6.07, 6.45) is 0. The second-order valence-electron chi connectivity index (χ2n) is 4.24. The Bertz CT molecular complexity index is 734. The molecule has 0 fully saturated rings. The number of rotatable bonds is 6. The predicted octanol–water partition coefficient (Wildman–Crippen LogP) is 3.52. The van der Waals surface area contributed by atoms with Crippen LogP contribution in [0.25, 0.3) is 0 Å². The summed E-state index contributed by atoms with van der Waals surface area (Å²) >= 11 is 13.1. The van der Waals surface area contributed by atoms with Crippen LogP contribution in [-0.4, -0.2) is 23.3 Å². The van der Waals surface area contributed by atoms with Gasteiger partial charge in [0.05, 0.1) is 6.61 Å². The van der Waals surface area contributed by atoms with E-state index in [1.165, 1.54) is 11.3 Å². The summed E-state index contributed by atoms with van der Waals surface area (Å²) in [5, 5.41) is 6.71. The van der Waals surface area contributed by atoms with Crippen LogP contribution in [0.2, 0.25) is 10.0 Å². The number of halogens is 2. The molecule has 1 aromatic carbocycles. The molecule has 2 N–H and O–H groups in total. The first kappa shape index (κ1) is 17.5. The number of thiazole rings is 1. The van der Waals surface area contributed by atoms with Gasteiger partial charge in [0, 0.05) is 21.0 Å². The zero-order valence-electron chi connectivity index (χ0n) is 12.1. The lowest BCUT2D eigenvalue weighted by Crippen LogP contribution is -2.19.